The molecule has 0 unspecified atom stereocenters. The predicted molar refractivity (Wildman–Crippen MR) is 111 cm³/mol. The predicted octanol–water partition coefficient (Wildman–Crippen LogP) is 3.75. The topological polar surface area (TPSA) is 41.6 Å². The van der Waals surface area contributed by atoms with Gasteiger partial charge in [-0.25, -0.2) is 0 Å². The Morgan fingerprint density at radius 3 is 2.68 bits per heavy atom. The van der Waals surface area contributed by atoms with Gasteiger partial charge >= 0.3 is 0 Å². The second-order valence-corrected chi connectivity index (χ2v) is 8.13. The van der Waals surface area contributed by atoms with E-state index in [9.17, 15) is 4.79 Å². The molecule has 0 bridgehead atoms. The average molecular weight is 379 g/mol. The van der Waals surface area contributed by atoms with Crippen LogP contribution in [0.2, 0.25) is 0 Å². The van der Waals surface area contributed by atoms with Crippen LogP contribution >= 0.6 is 0 Å². The molecule has 4 heteroatoms. The number of fused-ring (bicyclic) bond motifs is 1. The Bertz CT molecular complexity index is 818. The number of rotatable bonds is 6. The minimum absolute atomic E-state index is 0.217. The quantitative estimate of drug-likeness (QED) is 0.832. The van der Waals surface area contributed by atoms with Crippen LogP contribution < -0.4 is 10.1 Å². The number of methoxy groups -OCH3 is 1. The van der Waals surface area contributed by atoms with E-state index in [-0.39, 0.29) is 6.04 Å². The Balaban J connectivity index is 1.42. The molecule has 2 saturated heterocycles. The molecular weight excluding hydrogens is 348 g/mol. The van der Waals surface area contributed by atoms with Crippen LogP contribution in [-0.2, 0) is 11.2 Å². The van der Waals surface area contributed by atoms with E-state index in [2.05, 4.69) is 53.5 Å². The Kier molecular flexibility index (Phi) is 5.67. The molecule has 0 aliphatic carbocycles. The van der Waals surface area contributed by atoms with E-state index in [4.69, 9.17) is 4.74 Å². The van der Waals surface area contributed by atoms with Crippen LogP contribution in [0.15, 0.2) is 48.5 Å². The number of hydrogen-bond donors (Lipinski definition) is 1. The summed E-state index contributed by atoms with van der Waals surface area (Å²) in [6.07, 6.45) is 2.42. The van der Waals surface area contributed by atoms with Crippen LogP contribution in [-0.4, -0.2) is 37.6 Å². The number of amides is 1. The first-order chi connectivity index (χ1) is 13.7. The first kappa shape index (κ1) is 19.0. The molecule has 1 N–H and O–H groups in total. The highest BCUT2D eigenvalue weighted by Gasteiger charge is 2.46. The summed E-state index contributed by atoms with van der Waals surface area (Å²) >= 11 is 0. The summed E-state index contributed by atoms with van der Waals surface area (Å²) < 4.78 is 5.21. The Morgan fingerprint density at radius 2 is 1.93 bits per heavy atom. The summed E-state index contributed by atoms with van der Waals surface area (Å²) in [5.74, 6) is 2.29. The van der Waals surface area contributed by atoms with Gasteiger partial charge in [-0.1, -0.05) is 36.4 Å². The van der Waals surface area contributed by atoms with E-state index in [1.54, 1.807) is 7.11 Å². The van der Waals surface area contributed by atoms with Crippen molar-refractivity contribution in [2.75, 3.05) is 26.7 Å². The number of carbonyl (C=O) groups is 1. The molecular formula is C24H30N2O2. The van der Waals surface area contributed by atoms with Gasteiger partial charge in [-0.2, -0.15) is 0 Å². The summed E-state index contributed by atoms with van der Waals surface area (Å²) in [5.41, 5.74) is 3.87. The van der Waals surface area contributed by atoms with Gasteiger partial charge in [-0.15, -0.1) is 0 Å². The molecule has 0 aromatic heterocycles. The summed E-state index contributed by atoms with van der Waals surface area (Å²) in [7, 11) is 1.68. The molecule has 0 spiro atoms. The molecule has 2 aromatic carbocycles. The average Bonchev–Trinajstić information content (AvgIpc) is 3.30. The second-order valence-electron chi connectivity index (χ2n) is 8.13. The molecule has 2 aromatic rings. The molecule has 4 rings (SSSR count). The van der Waals surface area contributed by atoms with E-state index < -0.39 is 0 Å². The molecule has 28 heavy (non-hydrogen) atoms. The van der Waals surface area contributed by atoms with Crippen molar-refractivity contribution < 1.29 is 9.53 Å². The van der Waals surface area contributed by atoms with Crippen molar-refractivity contribution in [1.29, 1.82) is 0 Å². The number of hydrogen-bond acceptors (Lipinski definition) is 3. The van der Waals surface area contributed by atoms with Crippen LogP contribution in [0.1, 0.15) is 35.6 Å². The number of nitrogens with zero attached hydrogens (tertiary/aromatic N) is 1. The van der Waals surface area contributed by atoms with Crippen LogP contribution in [0.25, 0.3) is 0 Å². The second kappa shape index (κ2) is 8.36. The third-order valence-corrected chi connectivity index (χ3v) is 6.41. The van der Waals surface area contributed by atoms with Gasteiger partial charge in [0.05, 0.1) is 13.2 Å². The van der Waals surface area contributed by atoms with Crippen LogP contribution in [0.3, 0.4) is 0 Å². The molecule has 0 saturated carbocycles. The molecule has 2 aliphatic rings. The highest BCUT2D eigenvalue weighted by molar-refractivity contribution is 5.77. The third kappa shape index (κ3) is 3.79. The zero-order valence-electron chi connectivity index (χ0n) is 16.9. The molecule has 3 atom stereocenters. The van der Waals surface area contributed by atoms with Gasteiger partial charge in [0.2, 0.25) is 5.91 Å². The van der Waals surface area contributed by atoms with Crippen molar-refractivity contribution in [2.45, 2.75) is 32.2 Å². The van der Waals surface area contributed by atoms with Gasteiger partial charge in [0.25, 0.3) is 0 Å². The molecule has 2 aliphatic heterocycles. The highest BCUT2D eigenvalue weighted by atomic mass is 16.5. The normalized spacial score (nSPS) is 23.6. The van der Waals surface area contributed by atoms with Crippen LogP contribution in [0.5, 0.6) is 5.75 Å². The van der Waals surface area contributed by atoms with Crippen LogP contribution in [0, 0.1) is 18.8 Å². The number of carbonyl (C=O) groups excluding carboxylic acids is 1. The number of aryl methyl sites for hydroxylation is 2. The molecule has 4 nitrogen and oxygen atoms in total. The maximum Gasteiger partial charge on any atom is 0.223 e. The van der Waals surface area contributed by atoms with Gasteiger partial charge in [0, 0.05) is 32.0 Å². The van der Waals surface area contributed by atoms with Gasteiger partial charge < -0.3 is 15.0 Å². The van der Waals surface area contributed by atoms with Crippen LogP contribution in [0.4, 0.5) is 0 Å². The van der Waals surface area contributed by atoms with Crippen molar-refractivity contribution in [2.24, 2.45) is 11.8 Å². The summed E-state index contributed by atoms with van der Waals surface area (Å²) in [6.45, 7) is 5.09. The standard InChI is InChI=1S/C24H30N2O2/c1-17-6-3-4-8-21(17)24-22-15-25-14-19(22)16-26(24)23(27)9-5-7-18-10-12-20(28-2)13-11-18/h3-4,6,8,10-13,19,22,24-25H,5,7,9,14-16H2,1-2H3/t19-,22-,24-/m0/s1. The first-order valence-electron chi connectivity index (χ1n) is 10.4. The van der Waals surface area contributed by atoms with E-state index in [0.29, 0.717) is 24.2 Å². The number of ether oxygens (including phenoxy) is 1. The Labute approximate surface area is 167 Å². The minimum Gasteiger partial charge on any atom is -0.497 e. The SMILES string of the molecule is COc1ccc(CCCC(=O)N2C[C@@H]3CNC[C@@H]3[C@@H]2c2ccccc2C)cc1. The lowest BCUT2D eigenvalue weighted by Gasteiger charge is -2.29. The zero-order chi connectivity index (χ0) is 19.5. The molecule has 0 radical (unpaired) electrons. The summed E-state index contributed by atoms with van der Waals surface area (Å²) in [4.78, 5) is 15.3. The van der Waals surface area contributed by atoms with Crippen molar-refractivity contribution in [3.05, 3.63) is 65.2 Å². The minimum atomic E-state index is 0.217. The fourth-order valence-electron chi connectivity index (χ4n) is 4.87. The number of likely N-dealkylation sites (tertiary alicyclic amines) is 1. The third-order valence-electron chi connectivity index (χ3n) is 6.41. The smallest absolute Gasteiger partial charge is 0.223 e. The van der Waals surface area contributed by atoms with Gasteiger partial charge in [-0.05, 0) is 54.5 Å². The van der Waals surface area contributed by atoms with Gasteiger partial charge in [0.15, 0.2) is 0 Å². The fourth-order valence-corrected chi connectivity index (χ4v) is 4.87. The van der Waals surface area contributed by atoms with E-state index in [1.165, 1.54) is 16.7 Å². The lowest BCUT2D eigenvalue weighted by atomic mass is 9.87. The lowest BCUT2D eigenvalue weighted by Crippen LogP contribution is -2.34. The first-order valence-corrected chi connectivity index (χ1v) is 10.4. The molecule has 1 amide bonds. The Morgan fingerprint density at radius 1 is 1.14 bits per heavy atom. The van der Waals surface area contributed by atoms with Crippen molar-refractivity contribution in [3.63, 3.8) is 0 Å². The number of nitrogens with one attached hydrogen (secondary N) is 1. The molecule has 148 valence electrons. The summed E-state index contributed by atoms with van der Waals surface area (Å²) in [5, 5.41) is 3.53. The highest BCUT2D eigenvalue weighted by Crippen LogP contribution is 2.43. The summed E-state index contributed by atoms with van der Waals surface area (Å²) in [6, 6.07) is 16.9. The van der Waals surface area contributed by atoms with Gasteiger partial charge in [-0.3, -0.25) is 4.79 Å². The van der Waals surface area contributed by atoms with E-state index in [0.717, 1.165) is 38.2 Å². The van der Waals surface area contributed by atoms with Crippen molar-refractivity contribution in [3.8, 4) is 5.75 Å². The maximum absolute atomic E-state index is 13.1. The molecule has 2 fully saturated rings. The largest absolute Gasteiger partial charge is 0.497 e. The lowest BCUT2D eigenvalue weighted by molar-refractivity contribution is -0.132. The number of benzene rings is 2. The van der Waals surface area contributed by atoms with E-state index in [1.807, 2.05) is 12.1 Å². The fraction of sp³-hybridized carbons (Fsp3) is 0.458. The van der Waals surface area contributed by atoms with Gasteiger partial charge in [0.1, 0.15) is 5.75 Å². The van der Waals surface area contributed by atoms with Crippen molar-refractivity contribution >= 4 is 5.91 Å². The maximum atomic E-state index is 13.1. The monoisotopic (exact) mass is 378 g/mol. The Hall–Kier alpha value is -2.33. The van der Waals surface area contributed by atoms with Crippen molar-refractivity contribution in [1.82, 2.24) is 10.2 Å². The zero-order valence-corrected chi connectivity index (χ0v) is 16.9. The van der Waals surface area contributed by atoms with E-state index >= 15 is 0 Å². The molecule has 2 heterocycles.